The van der Waals surface area contributed by atoms with Crippen LogP contribution in [-0.2, 0) is 0 Å². The highest BCUT2D eigenvalue weighted by molar-refractivity contribution is 7.22. The van der Waals surface area contributed by atoms with Gasteiger partial charge in [-0.05, 0) is 60.2 Å². The van der Waals surface area contributed by atoms with Gasteiger partial charge in [0, 0.05) is 33.7 Å². The number of thiophene rings is 1. The van der Waals surface area contributed by atoms with Gasteiger partial charge in [0.1, 0.15) is 6.33 Å². The van der Waals surface area contributed by atoms with Crippen molar-refractivity contribution in [3.8, 4) is 10.4 Å². The van der Waals surface area contributed by atoms with Crippen molar-refractivity contribution >= 4 is 44.0 Å². The van der Waals surface area contributed by atoms with Crippen LogP contribution in [0.4, 0.5) is 11.5 Å². The van der Waals surface area contributed by atoms with Crippen LogP contribution >= 0.6 is 11.3 Å². The van der Waals surface area contributed by atoms with Crippen LogP contribution in [0.2, 0.25) is 0 Å². The molecule has 1 aliphatic carbocycles. The number of nitrogens with two attached hydrogens (primary N) is 1. The molecule has 1 unspecified atom stereocenters. The molecular formula is C24H21N5S. The van der Waals surface area contributed by atoms with Gasteiger partial charge in [-0.1, -0.05) is 24.3 Å². The highest BCUT2D eigenvalue weighted by Gasteiger charge is 2.29. The summed E-state index contributed by atoms with van der Waals surface area (Å²) in [6.07, 6.45) is 6.08. The van der Waals surface area contributed by atoms with Gasteiger partial charge in [0.05, 0.1) is 10.2 Å². The SMILES string of the molecule is NC(c1ccc(-c2cc3ncnc(Nc4ccc5[nH]ccc5c4)c3s2)cc1)C1CC1. The standard InChI is InChI=1S/C24H21N5S/c25-22(16-5-6-16)15-3-1-14(2-4-15)21-12-20-23(30-21)24(28-13-27-20)29-18-7-8-19-17(11-18)9-10-26-19/h1-4,7-13,16,22,26H,5-6,25H2,(H,27,28,29). The van der Waals surface area contributed by atoms with E-state index in [4.69, 9.17) is 5.73 Å². The predicted octanol–water partition coefficient (Wildman–Crippen LogP) is 5.99. The van der Waals surface area contributed by atoms with Crippen molar-refractivity contribution in [2.24, 2.45) is 11.7 Å². The summed E-state index contributed by atoms with van der Waals surface area (Å²) in [6, 6.07) is 19.3. The fraction of sp³-hybridized carbons (Fsp3) is 0.167. The first-order chi connectivity index (χ1) is 14.7. The van der Waals surface area contributed by atoms with Crippen LogP contribution in [0, 0.1) is 5.92 Å². The second-order valence-electron chi connectivity index (χ2n) is 7.94. The second-order valence-corrected chi connectivity index (χ2v) is 8.99. The molecule has 5 aromatic rings. The number of nitrogens with zero attached hydrogens (tertiary/aromatic N) is 2. The minimum atomic E-state index is 0.167. The maximum Gasteiger partial charge on any atom is 0.151 e. The summed E-state index contributed by atoms with van der Waals surface area (Å²) in [7, 11) is 0. The lowest BCUT2D eigenvalue weighted by atomic mass is 10.0. The molecule has 1 saturated carbocycles. The number of anilines is 2. The number of aromatic amines is 1. The van der Waals surface area contributed by atoms with Crippen LogP contribution in [0.15, 0.2) is 67.1 Å². The molecule has 2 aromatic carbocycles. The predicted molar refractivity (Wildman–Crippen MR) is 124 cm³/mol. The zero-order chi connectivity index (χ0) is 20.1. The lowest BCUT2D eigenvalue weighted by Crippen LogP contribution is -2.11. The summed E-state index contributed by atoms with van der Waals surface area (Å²) >= 11 is 1.71. The zero-order valence-corrected chi connectivity index (χ0v) is 17.1. The summed E-state index contributed by atoms with van der Waals surface area (Å²) in [5.41, 5.74) is 11.8. The van der Waals surface area contributed by atoms with E-state index in [1.807, 2.05) is 6.20 Å². The van der Waals surface area contributed by atoms with Crippen LogP contribution in [0.5, 0.6) is 0 Å². The summed E-state index contributed by atoms with van der Waals surface area (Å²) in [6.45, 7) is 0. The number of aromatic nitrogens is 3. The number of H-pyrrole nitrogens is 1. The van der Waals surface area contributed by atoms with Crippen molar-refractivity contribution in [2.45, 2.75) is 18.9 Å². The van der Waals surface area contributed by atoms with Crippen molar-refractivity contribution in [2.75, 3.05) is 5.32 Å². The third kappa shape index (κ3) is 3.14. The zero-order valence-electron chi connectivity index (χ0n) is 16.3. The summed E-state index contributed by atoms with van der Waals surface area (Å²) < 4.78 is 1.06. The molecule has 148 valence electrons. The van der Waals surface area contributed by atoms with Crippen molar-refractivity contribution in [3.05, 3.63) is 72.7 Å². The Morgan fingerprint density at radius 2 is 1.90 bits per heavy atom. The van der Waals surface area contributed by atoms with E-state index in [2.05, 4.69) is 74.9 Å². The fourth-order valence-corrected chi connectivity index (χ4v) is 5.01. The Hall–Kier alpha value is -3.22. The minimum absolute atomic E-state index is 0.167. The lowest BCUT2D eigenvalue weighted by molar-refractivity contribution is 0.633. The van der Waals surface area contributed by atoms with E-state index >= 15 is 0 Å². The summed E-state index contributed by atoms with van der Waals surface area (Å²) in [4.78, 5) is 13.4. The van der Waals surface area contributed by atoms with Crippen LogP contribution in [-0.4, -0.2) is 15.0 Å². The maximum absolute atomic E-state index is 6.35. The molecule has 3 aromatic heterocycles. The lowest BCUT2D eigenvalue weighted by Gasteiger charge is -2.10. The van der Waals surface area contributed by atoms with Crippen molar-refractivity contribution < 1.29 is 0 Å². The fourth-order valence-electron chi connectivity index (χ4n) is 3.95. The number of benzene rings is 2. The number of fused-ring (bicyclic) bond motifs is 2. The Morgan fingerprint density at radius 3 is 2.73 bits per heavy atom. The van der Waals surface area contributed by atoms with Crippen molar-refractivity contribution in [3.63, 3.8) is 0 Å². The van der Waals surface area contributed by atoms with Gasteiger partial charge in [0.25, 0.3) is 0 Å². The normalized spacial score (nSPS) is 15.0. The molecular weight excluding hydrogens is 390 g/mol. The smallest absolute Gasteiger partial charge is 0.151 e. The Balaban J connectivity index is 1.32. The van der Waals surface area contributed by atoms with Gasteiger partial charge in [0.2, 0.25) is 0 Å². The van der Waals surface area contributed by atoms with Crippen LogP contribution in [0.1, 0.15) is 24.4 Å². The molecule has 6 heteroatoms. The van der Waals surface area contributed by atoms with E-state index in [1.165, 1.54) is 34.2 Å². The van der Waals surface area contributed by atoms with Gasteiger partial charge in [-0.3, -0.25) is 0 Å². The van der Waals surface area contributed by atoms with E-state index in [-0.39, 0.29) is 6.04 Å². The first-order valence-electron chi connectivity index (χ1n) is 10.2. The maximum atomic E-state index is 6.35. The second kappa shape index (κ2) is 6.93. The Kier molecular flexibility index (Phi) is 4.07. The van der Waals surface area contributed by atoms with E-state index in [1.54, 1.807) is 17.7 Å². The molecule has 1 fully saturated rings. The molecule has 0 radical (unpaired) electrons. The molecule has 30 heavy (non-hydrogen) atoms. The van der Waals surface area contributed by atoms with E-state index in [9.17, 15) is 0 Å². The number of hydrogen-bond donors (Lipinski definition) is 3. The topological polar surface area (TPSA) is 79.6 Å². The largest absolute Gasteiger partial charge is 0.361 e. The van der Waals surface area contributed by atoms with E-state index in [0.29, 0.717) is 5.92 Å². The molecule has 0 amide bonds. The molecule has 0 saturated heterocycles. The van der Waals surface area contributed by atoms with Gasteiger partial charge in [-0.15, -0.1) is 11.3 Å². The quantitative estimate of drug-likeness (QED) is 0.332. The molecule has 0 spiro atoms. The number of hydrogen-bond acceptors (Lipinski definition) is 5. The molecule has 6 rings (SSSR count). The summed E-state index contributed by atoms with van der Waals surface area (Å²) in [5, 5.41) is 4.63. The average Bonchev–Trinajstić information content (AvgIpc) is 3.35. The first kappa shape index (κ1) is 17.6. The Bertz CT molecular complexity index is 1350. The molecule has 1 atom stereocenters. The van der Waals surface area contributed by atoms with Gasteiger partial charge in [0.15, 0.2) is 5.82 Å². The van der Waals surface area contributed by atoms with Crippen LogP contribution in [0.25, 0.3) is 31.6 Å². The highest BCUT2D eigenvalue weighted by atomic mass is 32.1. The molecule has 0 aliphatic heterocycles. The highest BCUT2D eigenvalue weighted by Crippen LogP contribution is 2.41. The van der Waals surface area contributed by atoms with Crippen molar-refractivity contribution in [1.29, 1.82) is 0 Å². The van der Waals surface area contributed by atoms with Crippen LogP contribution in [0.3, 0.4) is 0 Å². The average molecular weight is 412 g/mol. The number of nitrogens with one attached hydrogen (secondary N) is 2. The van der Waals surface area contributed by atoms with Gasteiger partial charge in [-0.25, -0.2) is 9.97 Å². The van der Waals surface area contributed by atoms with Crippen LogP contribution < -0.4 is 11.1 Å². The Morgan fingerprint density at radius 1 is 1.03 bits per heavy atom. The van der Waals surface area contributed by atoms with Gasteiger partial charge in [-0.2, -0.15) is 0 Å². The van der Waals surface area contributed by atoms with E-state index < -0.39 is 0 Å². The monoisotopic (exact) mass is 411 g/mol. The third-order valence-corrected chi connectivity index (χ3v) is 7.02. The Labute approximate surface area is 178 Å². The summed E-state index contributed by atoms with van der Waals surface area (Å²) in [5.74, 6) is 1.49. The van der Waals surface area contributed by atoms with Gasteiger partial charge < -0.3 is 16.0 Å². The number of rotatable bonds is 5. The molecule has 3 heterocycles. The molecule has 5 nitrogen and oxygen atoms in total. The molecule has 0 bridgehead atoms. The third-order valence-electron chi connectivity index (χ3n) is 5.84. The first-order valence-corrected chi connectivity index (χ1v) is 11.0. The van der Waals surface area contributed by atoms with Crippen molar-refractivity contribution in [1.82, 2.24) is 15.0 Å². The van der Waals surface area contributed by atoms with E-state index in [0.717, 1.165) is 27.2 Å². The molecule has 4 N–H and O–H groups in total. The molecule has 1 aliphatic rings. The van der Waals surface area contributed by atoms with Gasteiger partial charge >= 0.3 is 0 Å². The minimum Gasteiger partial charge on any atom is -0.361 e.